The maximum Gasteiger partial charge on any atom is -0.00135 e. The highest BCUT2D eigenvalue weighted by Crippen LogP contribution is 2.43. The van der Waals surface area contributed by atoms with E-state index in [1.807, 2.05) is 0 Å². The Morgan fingerprint density at radius 2 is 0.512 bits per heavy atom. The maximum atomic E-state index is 2.48. The first-order chi connectivity index (χ1) is 21.3. The number of fused-ring (bicyclic) bond motifs is 6. The second kappa shape index (κ2) is 10.2. The Bertz CT molecular complexity index is 1810. The second-order valence-corrected chi connectivity index (χ2v) is 14.6. The molecular formula is C42H33P. The molecule has 0 heterocycles. The van der Waals surface area contributed by atoms with Gasteiger partial charge in [0.25, 0.3) is 0 Å². The predicted octanol–water partition coefficient (Wildman–Crippen LogP) is 7.93. The highest BCUT2D eigenvalue weighted by Gasteiger charge is 2.31. The van der Waals surface area contributed by atoms with E-state index in [1.165, 1.54) is 50.1 Å². The molecule has 0 saturated heterocycles. The molecule has 3 aliphatic carbocycles. The number of hydrogen-bond acceptors (Lipinski definition) is 0. The van der Waals surface area contributed by atoms with Gasteiger partial charge < -0.3 is 0 Å². The van der Waals surface area contributed by atoms with Gasteiger partial charge in [-0.2, -0.15) is 0 Å². The van der Waals surface area contributed by atoms with Crippen LogP contribution in [0.2, 0.25) is 0 Å². The monoisotopic (exact) mass is 568 g/mol. The highest BCUT2D eigenvalue weighted by molar-refractivity contribution is 7.80. The van der Waals surface area contributed by atoms with Crippen LogP contribution in [0.5, 0.6) is 0 Å². The van der Waals surface area contributed by atoms with E-state index in [-0.39, 0.29) is 0 Å². The molecule has 43 heavy (non-hydrogen) atoms. The van der Waals surface area contributed by atoms with Gasteiger partial charge in [-0.1, -0.05) is 127 Å². The van der Waals surface area contributed by atoms with Crippen molar-refractivity contribution >= 4 is 23.8 Å². The minimum atomic E-state index is -0.758. The van der Waals surface area contributed by atoms with E-state index in [4.69, 9.17) is 0 Å². The number of hydrogen-bond donors (Lipinski definition) is 0. The Hall–Kier alpha value is -4.25. The minimum absolute atomic E-state index is 0.758. The van der Waals surface area contributed by atoms with Gasteiger partial charge in [0.05, 0.1) is 0 Å². The van der Waals surface area contributed by atoms with Gasteiger partial charge in [0.1, 0.15) is 0 Å². The Morgan fingerprint density at radius 1 is 0.256 bits per heavy atom. The molecule has 0 radical (unpaired) electrons. The van der Waals surface area contributed by atoms with Gasteiger partial charge in [-0.25, -0.2) is 0 Å². The summed E-state index contributed by atoms with van der Waals surface area (Å²) in [6.07, 6.45) is 6.16. The van der Waals surface area contributed by atoms with Gasteiger partial charge in [0.2, 0.25) is 0 Å². The van der Waals surface area contributed by atoms with Crippen molar-refractivity contribution in [2.45, 2.75) is 38.5 Å². The zero-order valence-corrected chi connectivity index (χ0v) is 25.2. The van der Waals surface area contributed by atoms with Crippen LogP contribution in [0.25, 0.3) is 0 Å². The molecule has 0 amide bonds. The molecule has 0 unspecified atom stereocenters. The van der Waals surface area contributed by atoms with Crippen LogP contribution in [0, 0.1) is 0 Å². The van der Waals surface area contributed by atoms with Crippen molar-refractivity contribution in [3.05, 3.63) is 194 Å². The fourth-order valence-electron chi connectivity index (χ4n) is 7.88. The normalized spacial score (nSPS) is 14.2. The van der Waals surface area contributed by atoms with Crippen molar-refractivity contribution in [1.82, 2.24) is 0 Å². The summed E-state index contributed by atoms with van der Waals surface area (Å²) in [4.78, 5) is 0. The van der Waals surface area contributed by atoms with Crippen LogP contribution in [0.1, 0.15) is 66.8 Å². The van der Waals surface area contributed by atoms with E-state index in [1.54, 1.807) is 32.6 Å². The van der Waals surface area contributed by atoms with E-state index in [0.717, 1.165) is 38.5 Å². The van der Waals surface area contributed by atoms with Gasteiger partial charge in [-0.05, 0) is 129 Å². The van der Waals surface area contributed by atoms with Gasteiger partial charge in [0, 0.05) is 0 Å². The SMILES string of the molecule is c1ccc2c(c1)Cc1cccc(P(c3cccc4c3Cc3ccccc3C4)c3cccc4c3Cc3ccccc3C4)c1C2. The summed E-state index contributed by atoms with van der Waals surface area (Å²) in [7, 11) is -0.758. The zero-order chi connectivity index (χ0) is 28.3. The standard InChI is InChI=1S/C42H33P/c1-4-13-31-25-37-34(22-28(31)10-1)16-7-19-40(37)43(41-20-8-17-35-23-29-11-2-5-14-32(29)26-38(35)41)42-21-9-18-36-24-30-12-3-6-15-33(30)27-39(36)42/h1-21H,22-27H2. The maximum absolute atomic E-state index is 2.48. The Labute approximate surface area is 255 Å². The van der Waals surface area contributed by atoms with Crippen LogP contribution in [0.3, 0.4) is 0 Å². The van der Waals surface area contributed by atoms with E-state index in [0.29, 0.717) is 0 Å². The van der Waals surface area contributed by atoms with Gasteiger partial charge >= 0.3 is 0 Å². The first kappa shape index (κ1) is 25.3. The lowest BCUT2D eigenvalue weighted by molar-refractivity contribution is 1.00. The van der Waals surface area contributed by atoms with Crippen LogP contribution in [0.15, 0.2) is 127 Å². The third kappa shape index (κ3) is 4.23. The Morgan fingerprint density at radius 3 is 0.814 bits per heavy atom. The summed E-state index contributed by atoms with van der Waals surface area (Å²) in [6, 6.07) is 48.8. The summed E-state index contributed by atoms with van der Waals surface area (Å²) in [6.45, 7) is 0. The smallest absolute Gasteiger partial charge is 0.00135 e. The van der Waals surface area contributed by atoms with E-state index in [2.05, 4.69) is 127 Å². The molecule has 0 nitrogen and oxygen atoms in total. The van der Waals surface area contributed by atoms with Crippen molar-refractivity contribution in [3.63, 3.8) is 0 Å². The van der Waals surface area contributed by atoms with Crippen molar-refractivity contribution in [3.8, 4) is 0 Å². The molecular weight excluding hydrogens is 535 g/mol. The molecule has 0 bridgehead atoms. The van der Waals surface area contributed by atoms with Gasteiger partial charge in [-0.3, -0.25) is 0 Å². The molecule has 0 fully saturated rings. The molecule has 9 rings (SSSR count). The summed E-state index contributed by atoms with van der Waals surface area (Å²) < 4.78 is 0. The molecule has 0 aliphatic heterocycles. The van der Waals surface area contributed by atoms with E-state index < -0.39 is 7.92 Å². The minimum Gasteiger partial charge on any atom is -0.0620 e. The molecule has 6 aromatic rings. The predicted molar refractivity (Wildman–Crippen MR) is 181 cm³/mol. The average Bonchev–Trinajstić information content (AvgIpc) is 3.06. The Balaban J connectivity index is 1.27. The van der Waals surface area contributed by atoms with Crippen molar-refractivity contribution < 1.29 is 0 Å². The Kier molecular flexibility index (Phi) is 5.98. The molecule has 206 valence electrons. The highest BCUT2D eigenvalue weighted by atomic mass is 31.1. The summed E-state index contributed by atoms with van der Waals surface area (Å²) in [5, 5.41) is 4.67. The van der Waals surface area contributed by atoms with Crippen LogP contribution in [-0.4, -0.2) is 0 Å². The van der Waals surface area contributed by atoms with Crippen molar-refractivity contribution in [1.29, 1.82) is 0 Å². The second-order valence-electron chi connectivity index (χ2n) is 12.4. The van der Waals surface area contributed by atoms with Crippen LogP contribution in [-0.2, 0) is 38.5 Å². The first-order valence-electron chi connectivity index (χ1n) is 15.6. The molecule has 0 saturated carbocycles. The fourth-order valence-corrected chi connectivity index (χ4v) is 10.8. The summed E-state index contributed by atoms with van der Waals surface area (Å²) in [5.41, 5.74) is 18.1. The summed E-state index contributed by atoms with van der Waals surface area (Å²) >= 11 is 0. The van der Waals surface area contributed by atoms with Crippen LogP contribution in [0.4, 0.5) is 0 Å². The first-order valence-corrected chi connectivity index (χ1v) is 17.0. The van der Waals surface area contributed by atoms with Gasteiger partial charge in [-0.15, -0.1) is 0 Å². The molecule has 1 heteroatoms. The third-order valence-corrected chi connectivity index (χ3v) is 12.8. The molecule has 0 spiro atoms. The zero-order valence-electron chi connectivity index (χ0n) is 24.3. The lowest BCUT2D eigenvalue weighted by Gasteiger charge is -2.33. The fraction of sp³-hybridized carbons (Fsp3) is 0.143. The third-order valence-electron chi connectivity index (χ3n) is 10.1. The van der Waals surface area contributed by atoms with E-state index >= 15 is 0 Å². The lowest BCUT2D eigenvalue weighted by atomic mass is 9.86. The van der Waals surface area contributed by atoms with Crippen molar-refractivity contribution in [2.24, 2.45) is 0 Å². The molecule has 0 aromatic heterocycles. The van der Waals surface area contributed by atoms with Crippen LogP contribution < -0.4 is 15.9 Å². The van der Waals surface area contributed by atoms with Crippen molar-refractivity contribution in [2.75, 3.05) is 0 Å². The average molecular weight is 569 g/mol. The molecule has 0 atom stereocenters. The number of benzene rings is 6. The molecule has 0 N–H and O–H groups in total. The molecule has 6 aromatic carbocycles. The molecule has 3 aliphatic rings. The largest absolute Gasteiger partial charge is 0.0620 e. The summed E-state index contributed by atoms with van der Waals surface area (Å²) in [5.74, 6) is 0. The van der Waals surface area contributed by atoms with E-state index in [9.17, 15) is 0 Å². The number of rotatable bonds is 3. The van der Waals surface area contributed by atoms with Crippen LogP contribution >= 0.6 is 7.92 Å². The van der Waals surface area contributed by atoms with Gasteiger partial charge in [0.15, 0.2) is 0 Å². The quantitative estimate of drug-likeness (QED) is 0.190. The topological polar surface area (TPSA) is 0 Å². The lowest BCUT2D eigenvalue weighted by Crippen LogP contribution is -2.31.